The fourth-order valence-electron chi connectivity index (χ4n) is 14.7. The zero-order chi connectivity index (χ0) is 57.9. The van der Waals surface area contributed by atoms with Crippen LogP contribution in [0.25, 0.3) is 131 Å². The summed E-state index contributed by atoms with van der Waals surface area (Å²) >= 11 is 0. The topological polar surface area (TPSA) is 44.8 Å². The van der Waals surface area contributed by atoms with Crippen LogP contribution < -0.4 is 14.2 Å². The largest absolute Gasteiger partial charge is 0.497 e. The number of benzene rings is 13. The van der Waals surface area contributed by atoms with E-state index < -0.39 is 0 Å². The molecule has 0 unspecified atom stereocenters. The van der Waals surface area contributed by atoms with Crippen molar-refractivity contribution in [1.29, 1.82) is 0 Å². The third-order valence-corrected chi connectivity index (χ3v) is 18.3. The molecule has 0 radical (unpaired) electrons. The first-order chi connectivity index (χ1) is 39.0. The van der Waals surface area contributed by atoms with E-state index in [0.29, 0.717) is 5.56 Å². The molecule has 0 aliphatic rings. The third kappa shape index (κ3) is 7.95. The van der Waals surface area contributed by atoms with Gasteiger partial charge in [-0.05, 0) is 350 Å². The van der Waals surface area contributed by atoms with Crippen molar-refractivity contribution >= 4 is 92.5 Å². The minimum atomic E-state index is -0.109. The summed E-state index contributed by atoms with van der Waals surface area (Å²) in [6, 6.07) is 47.1. The molecule has 0 N–H and O–H groups in total. The highest BCUT2D eigenvalue weighted by molar-refractivity contribution is 6.39. The molecule has 0 amide bonds. The highest BCUT2D eigenvalue weighted by Crippen LogP contribution is 2.54. The predicted molar refractivity (Wildman–Crippen MR) is 351 cm³/mol. The zero-order valence-corrected chi connectivity index (χ0v) is 50.8. The number of hydrogen-bond acceptors (Lipinski definition) is 4. The Bertz CT molecular complexity index is 4810. The maximum absolute atomic E-state index is 12.4. The highest BCUT2D eigenvalue weighted by atomic mass is 16.5. The summed E-state index contributed by atoms with van der Waals surface area (Å²) in [7, 11) is 5.28. The van der Waals surface area contributed by atoms with Gasteiger partial charge in [0, 0.05) is 5.56 Å². The minimum Gasteiger partial charge on any atom is -0.497 e. The van der Waals surface area contributed by atoms with Gasteiger partial charge in [0.05, 0.1) is 21.3 Å². The van der Waals surface area contributed by atoms with Crippen molar-refractivity contribution in [3.8, 4) is 61.8 Å². The van der Waals surface area contributed by atoms with Crippen molar-refractivity contribution in [2.75, 3.05) is 21.3 Å². The summed E-state index contributed by atoms with van der Waals surface area (Å²) < 4.78 is 17.8. The van der Waals surface area contributed by atoms with E-state index in [0.717, 1.165) is 51.4 Å². The predicted octanol–water partition coefficient (Wildman–Crippen LogP) is 21.4. The van der Waals surface area contributed by atoms with Crippen molar-refractivity contribution in [2.24, 2.45) is 0 Å². The Morgan fingerprint density at radius 3 is 0.841 bits per heavy atom. The summed E-state index contributed by atoms with van der Waals surface area (Å²) in [6.07, 6.45) is 0.974. The van der Waals surface area contributed by atoms with Gasteiger partial charge in [-0.3, -0.25) is 4.79 Å². The van der Waals surface area contributed by atoms with Crippen LogP contribution in [0.3, 0.4) is 0 Å². The van der Waals surface area contributed by atoms with Gasteiger partial charge in [0.15, 0.2) is 0 Å². The fourth-order valence-corrected chi connectivity index (χ4v) is 14.7. The summed E-state index contributed by atoms with van der Waals surface area (Å²) in [5.74, 6) is 2.57. The number of rotatable bonds is 8. The molecule has 0 aliphatic carbocycles. The molecule has 0 bridgehead atoms. The van der Waals surface area contributed by atoms with E-state index in [1.807, 2.05) is 0 Å². The molecule has 0 spiro atoms. The molecule has 13 aromatic rings. The van der Waals surface area contributed by atoms with Gasteiger partial charge in [-0.15, -0.1) is 0 Å². The summed E-state index contributed by atoms with van der Waals surface area (Å²) in [4.78, 5) is 12.4. The number of hydrogen-bond donors (Lipinski definition) is 0. The third-order valence-electron chi connectivity index (χ3n) is 18.3. The molecule has 0 fully saturated rings. The molecule has 82 heavy (non-hydrogen) atoms. The van der Waals surface area contributed by atoms with Crippen LogP contribution in [-0.4, -0.2) is 27.6 Å². The molecule has 0 saturated heterocycles. The first-order valence-corrected chi connectivity index (χ1v) is 28.9. The average Bonchev–Trinajstić information content (AvgIpc) is 1.84. The van der Waals surface area contributed by atoms with Crippen molar-refractivity contribution in [1.82, 2.24) is 0 Å². The number of carbonyl (C=O) groups is 1. The van der Waals surface area contributed by atoms with E-state index in [9.17, 15) is 4.79 Å². The number of aldehydes is 1. The quantitative estimate of drug-likeness (QED) is 0.0864. The molecule has 13 aromatic carbocycles. The Hall–Kier alpha value is -8.47. The molecule has 0 atom stereocenters. The summed E-state index contributed by atoms with van der Waals surface area (Å²) in [5.41, 5.74) is 21.9. The van der Waals surface area contributed by atoms with Gasteiger partial charge in [0.2, 0.25) is 0 Å². The van der Waals surface area contributed by atoms with Gasteiger partial charge in [-0.25, -0.2) is 0 Å². The van der Waals surface area contributed by atoms with E-state index in [-0.39, 0.29) is 10.8 Å². The Labute approximate surface area is 482 Å². The highest BCUT2D eigenvalue weighted by Gasteiger charge is 2.29. The molecule has 0 aliphatic heterocycles. The smallest absolute Gasteiger partial charge is 0.150 e. The van der Waals surface area contributed by atoms with Crippen LogP contribution in [-0.2, 0) is 10.8 Å². The minimum absolute atomic E-state index is 0.0963. The molecule has 408 valence electrons. The van der Waals surface area contributed by atoms with Crippen LogP contribution in [0.2, 0.25) is 0 Å². The lowest BCUT2D eigenvalue weighted by Crippen LogP contribution is -2.11. The van der Waals surface area contributed by atoms with Gasteiger partial charge in [-0.1, -0.05) is 65.8 Å². The van der Waals surface area contributed by atoms with Crippen LogP contribution in [0.1, 0.15) is 108 Å². The Kier molecular flexibility index (Phi) is 11.9. The molecule has 4 heteroatoms. The maximum atomic E-state index is 12.4. The number of fused-ring (bicyclic) bond motifs is 4. The van der Waals surface area contributed by atoms with Crippen molar-refractivity contribution in [3.05, 3.63) is 183 Å². The first-order valence-electron chi connectivity index (χ1n) is 28.9. The van der Waals surface area contributed by atoms with Gasteiger partial charge in [-0.2, -0.15) is 0 Å². The Balaban J connectivity index is 1.31. The van der Waals surface area contributed by atoms with Crippen LogP contribution in [0.4, 0.5) is 0 Å². The lowest BCUT2D eigenvalue weighted by atomic mass is 9.77. The standard InChI is InChI=1S/C78H72O4/c1-39-18-47(38-79)19-40(2)67(39)61-34-50-26-54(77(9,10)11)28-52-36-65(69-43(5)22-57(81-16)23-44(69)6)73-59-31-49-33-64-62(68-41(3)20-56(80-15)21-42(68)4)35-51-27-55(78(12,13)14)29-53-37-66(70-45(7)24-58(82-17)25-46(70)8)74(76(64)72(51)53)60(49)30-48(59)32-63(61)75(73)71(50)52/h18-38H,1-17H3. The zero-order valence-electron chi connectivity index (χ0n) is 50.8. The SMILES string of the molecule is COc1cc(C)c(-c2cc3cc(C(C)(C)C)cc4cc(-c5c(C)cc(OC)cc5C)c5c6cc7cc8c(-c9c(C)cc(C=O)cc9C)cc9cc(C(C)(C)C)cc%10cc(-c%11c(C)cc(OC)cc%11C)c(c7cc6cc2c5c34)c8c9%10)c(C)c1. The first kappa shape index (κ1) is 52.9. The molecule has 0 heterocycles. The van der Waals surface area contributed by atoms with Crippen molar-refractivity contribution < 1.29 is 19.0 Å². The van der Waals surface area contributed by atoms with E-state index in [1.54, 1.807) is 21.3 Å². The molecule has 13 rings (SSSR count). The Morgan fingerprint density at radius 2 is 0.561 bits per heavy atom. The monoisotopic (exact) mass is 1070 g/mol. The second kappa shape index (κ2) is 18.5. The lowest BCUT2D eigenvalue weighted by Gasteiger charge is -2.26. The average molecular weight is 1070 g/mol. The van der Waals surface area contributed by atoms with E-state index in [1.165, 1.54) is 159 Å². The fraction of sp³-hybridized carbons (Fsp3) is 0.244. The number of methoxy groups -OCH3 is 3. The lowest BCUT2D eigenvalue weighted by molar-refractivity contribution is 0.112. The van der Waals surface area contributed by atoms with E-state index in [4.69, 9.17) is 14.2 Å². The van der Waals surface area contributed by atoms with Crippen LogP contribution in [0.5, 0.6) is 17.2 Å². The van der Waals surface area contributed by atoms with Crippen LogP contribution in [0, 0.1) is 55.4 Å². The van der Waals surface area contributed by atoms with Crippen LogP contribution >= 0.6 is 0 Å². The van der Waals surface area contributed by atoms with Gasteiger partial charge in [0.1, 0.15) is 23.5 Å². The van der Waals surface area contributed by atoms with E-state index in [2.05, 4.69) is 218 Å². The molecule has 4 nitrogen and oxygen atoms in total. The van der Waals surface area contributed by atoms with Gasteiger partial charge < -0.3 is 14.2 Å². The normalized spacial score (nSPS) is 12.5. The van der Waals surface area contributed by atoms with E-state index >= 15 is 0 Å². The van der Waals surface area contributed by atoms with Gasteiger partial charge in [0.25, 0.3) is 0 Å². The number of carbonyl (C=O) groups excluding carboxylic acids is 1. The molecular weight excluding hydrogens is 1000 g/mol. The second-order valence-electron chi connectivity index (χ2n) is 26.0. The summed E-state index contributed by atoms with van der Waals surface area (Å²) in [6.45, 7) is 31.7. The summed E-state index contributed by atoms with van der Waals surface area (Å²) in [5, 5.41) is 19.7. The molecule has 0 saturated carbocycles. The second-order valence-corrected chi connectivity index (χ2v) is 26.0. The van der Waals surface area contributed by atoms with Crippen molar-refractivity contribution in [2.45, 2.75) is 108 Å². The molecular formula is C78H72O4. The number of ether oxygens (including phenoxy) is 3. The van der Waals surface area contributed by atoms with Crippen molar-refractivity contribution in [3.63, 3.8) is 0 Å². The Morgan fingerprint density at radius 1 is 0.293 bits per heavy atom. The van der Waals surface area contributed by atoms with Crippen LogP contribution in [0.15, 0.2) is 121 Å². The molecule has 0 aromatic heterocycles. The van der Waals surface area contributed by atoms with Gasteiger partial charge >= 0.3 is 0 Å². The number of aryl methyl sites for hydroxylation is 8. The maximum Gasteiger partial charge on any atom is 0.150 e.